The molecule has 1 unspecified atom stereocenters. The van der Waals surface area contributed by atoms with Crippen LogP contribution in [0.3, 0.4) is 0 Å². The maximum atomic E-state index is 13.5. The van der Waals surface area contributed by atoms with E-state index in [-0.39, 0.29) is 0 Å². The number of halogens is 2. The summed E-state index contributed by atoms with van der Waals surface area (Å²) in [5, 5.41) is 9.03. The van der Waals surface area contributed by atoms with E-state index in [4.69, 9.17) is 0 Å². The molecule has 1 aromatic heterocycles. The highest BCUT2D eigenvalue weighted by Crippen LogP contribution is 2.38. The fourth-order valence-corrected chi connectivity index (χ4v) is 2.64. The fraction of sp³-hybridized carbons (Fsp3) is 0.357. The molecule has 0 bridgehead atoms. The highest BCUT2D eigenvalue weighted by molar-refractivity contribution is 8.00. The van der Waals surface area contributed by atoms with Gasteiger partial charge in [-0.05, 0) is 31.9 Å². The molecule has 0 saturated heterocycles. The summed E-state index contributed by atoms with van der Waals surface area (Å²) >= 11 is 1.14. The second-order valence-corrected chi connectivity index (χ2v) is 6.43. The number of H-pyrrole nitrogens is 1. The third kappa shape index (κ3) is 3.27. The molecule has 1 amide bonds. The smallest absolute Gasteiger partial charge is 0.237 e. The molecule has 5 nitrogen and oxygen atoms in total. The van der Waals surface area contributed by atoms with Crippen LogP contribution in [0.15, 0.2) is 23.4 Å². The molecule has 3 rings (SSSR count). The summed E-state index contributed by atoms with van der Waals surface area (Å²) in [7, 11) is 0. The van der Waals surface area contributed by atoms with Crippen LogP contribution in [0.5, 0.6) is 0 Å². The minimum atomic E-state index is -0.806. The van der Waals surface area contributed by atoms with Crippen molar-refractivity contribution >= 4 is 23.4 Å². The van der Waals surface area contributed by atoms with Gasteiger partial charge in [0, 0.05) is 5.92 Å². The quantitative estimate of drug-likeness (QED) is 0.829. The summed E-state index contributed by atoms with van der Waals surface area (Å²) in [6.45, 7) is 1.63. The summed E-state index contributed by atoms with van der Waals surface area (Å²) in [4.78, 5) is 16.3. The topological polar surface area (TPSA) is 70.7 Å². The summed E-state index contributed by atoms with van der Waals surface area (Å²) in [6.07, 6.45) is 2.20. The van der Waals surface area contributed by atoms with Crippen molar-refractivity contribution in [2.45, 2.75) is 36.1 Å². The summed E-state index contributed by atoms with van der Waals surface area (Å²) in [6, 6.07) is 3.42. The molecule has 0 radical (unpaired) electrons. The zero-order chi connectivity index (χ0) is 15.7. The molecule has 0 spiro atoms. The molecule has 1 aromatic carbocycles. The number of hydrogen-bond donors (Lipinski definition) is 2. The Hall–Kier alpha value is -1.96. The third-order valence-electron chi connectivity index (χ3n) is 3.31. The Morgan fingerprint density at radius 2 is 2.09 bits per heavy atom. The first-order chi connectivity index (χ1) is 10.5. The van der Waals surface area contributed by atoms with Gasteiger partial charge in [-0.3, -0.25) is 9.89 Å². The lowest BCUT2D eigenvalue weighted by molar-refractivity contribution is -0.115. The van der Waals surface area contributed by atoms with E-state index in [2.05, 4.69) is 20.5 Å². The van der Waals surface area contributed by atoms with E-state index in [9.17, 15) is 13.6 Å². The van der Waals surface area contributed by atoms with Crippen molar-refractivity contribution in [3.63, 3.8) is 0 Å². The van der Waals surface area contributed by atoms with Gasteiger partial charge in [0.1, 0.15) is 23.1 Å². The number of carbonyl (C=O) groups is 1. The molecule has 22 heavy (non-hydrogen) atoms. The average molecular weight is 324 g/mol. The van der Waals surface area contributed by atoms with Gasteiger partial charge in [-0.25, -0.2) is 13.8 Å². The highest BCUT2D eigenvalue weighted by Gasteiger charge is 2.28. The number of anilines is 1. The average Bonchev–Trinajstić information content (AvgIpc) is 3.23. The van der Waals surface area contributed by atoms with Crippen molar-refractivity contribution in [3.05, 3.63) is 35.7 Å². The number of amides is 1. The van der Waals surface area contributed by atoms with Gasteiger partial charge in [-0.15, -0.1) is 5.10 Å². The van der Waals surface area contributed by atoms with Crippen molar-refractivity contribution in [3.8, 4) is 0 Å². The van der Waals surface area contributed by atoms with Crippen molar-refractivity contribution in [1.29, 1.82) is 0 Å². The molecule has 1 atom stereocenters. The van der Waals surface area contributed by atoms with Crippen molar-refractivity contribution in [1.82, 2.24) is 15.2 Å². The van der Waals surface area contributed by atoms with Crippen LogP contribution in [-0.4, -0.2) is 26.3 Å². The van der Waals surface area contributed by atoms with Crippen LogP contribution in [0.2, 0.25) is 0 Å². The maximum Gasteiger partial charge on any atom is 0.237 e. The van der Waals surface area contributed by atoms with Gasteiger partial charge in [-0.2, -0.15) is 0 Å². The number of carbonyl (C=O) groups excluding carboxylic acids is 1. The van der Waals surface area contributed by atoms with Gasteiger partial charge in [0.15, 0.2) is 0 Å². The van der Waals surface area contributed by atoms with Crippen LogP contribution in [-0.2, 0) is 4.79 Å². The zero-order valence-corrected chi connectivity index (χ0v) is 12.6. The van der Waals surface area contributed by atoms with Crippen molar-refractivity contribution in [2.75, 3.05) is 5.32 Å². The van der Waals surface area contributed by atoms with Crippen LogP contribution in [0.4, 0.5) is 14.5 Å². The van der Waals surface area contributed by atoms with Crippen LogP contribution in [0.25, 0.3) is 0 Å². The summed E-state index contributed by atoms with van der Waals surface area (Å²) in [5.41, 5.74) is -0.436. The van der Waals surface area contributed by atoms with Crippen LogP contribution >= 0.6 is 11.8 Å². The van der Waals surface area contributed by atoms with E-state index < -0.39 is 28.5 Å². The monoisotopic (exact) mass is 324 g/mol. The number of nitrogens with one attached hydrogen (secondary N) is 2. The normalized spacial score (nSPS) is 15.6. The molecule has 1 heterocycles. The Morgan fingerprint density at radius 1 is 1.41 bits per heavy atom. The number of rotatable bonds is 5. The lowest BCUT2D eigenvalue weighted by atomic mass is 10.3. The Bertz CT molecular complexity index is 682. The van der Waals surface area contributed by atoms with Crippen LogP contribution < -0.4 is 5.32 Å². The molecular formula is C14H14F2N4OS. The van der Waals surface area contributed by atoms with Gasteiger partial charge in [0.2, 0.25) is 11.1 Å². The van der Waals surface area contributed by atoms with E-state index in [1.165, 1.54) is 6.07 Å². The highest BCUT2D eigenvalue weighted by atomic mass is 32.2. The van der Waals surface area contributed by atoms with Crippen LogP contribution in [0.1, 0.15) is 31.5 Å². The largest absolute Gasteiger partial charge is 0.320 e. The molecule has 0 aliphatic heterocycles. The van der Waals surface area contributed by atoms with Gasteiger partial charge in [-0.1, -0.05) is 17.8 Å². The molecule has 1 saturated carbocycles. The predicted octanol–water partition coefficient (Wildman–Crippen LogP) is 3.08. The predicted molar refractivity (Wildman–Crippen MR) is 78.7 cm³/mol. The van der Waals surface area contributed by atoms with Crippen LogP contribution in [0, 0.1) is 11.6 Å². The van der Waals surface area contributed by atoms with Gasteiger partial charge in [0.05, 0.1) is 5.25 Å². The molecule has 116 valence electrons. The lowest BCUT2D eigenvalue weighted by Crippen LogP contribution is -2.23. The Balaban J connectivity index is 1.63. The number of aromatic amines is 1. The van der Waals surface area contributed by atoms with E-state index >= 15 is 0 Å². The standard InChI is InChI=1S/C14H14F2N4OS/c1-7(22-14-18-12(19-20-14)8-5-6-8)13(21)17-11-9(15)3-2-4-10(11)16/h2-4,7-8H,5-6H2,1H3,(H,17,21)(H,18,19,20). The second-order valence-electron chi connectivity index (χ2n) is 5.12. The molecule has 2 aromatic rings. The van der Waals surface area contributed by atoms with E-state index in [0.29, 0.717) is 11.1 Å². The molecule has 1 aliphatic carbocycles. The fourth-order valence-electron chi connectivity index (χ4n) is 1.90. The first-order valence-electron chi connectivity index (χ1n) is 6.88. The molecule has 8 heteroatoms. The lowest BCUT2D eigenvalue weighted by Gasteiger charge is -2.11. The number of para-hydroxylation sites is 1. The molecule has 1 fully saturated rings. The number of benzene rings is 1. The number of thioether (sulfide) groups is 1. The Morgan fingerprint density at radius 3 is 2.73 bits per heavy atom. The molecule has 2 N–H and O–H groups in total. The third-order valence-corrected chi connectivity index (χ3v) is 4.27. The van der Waals surface area contributed by atoms with Gasteiger partial charge in [0.25, 0.3) is 0 Å². The first kappa shape index (κ1) is 15.0. The van der Waals surface area contributed by atoms with E-state index in [0.717, 1.165) is 42.6 Å². The van der Waals surface area contributed by atoms with Crippen molar-refractivity contribution < 1.29 is 13.6 Å². The summed E-state index contributed by atoms with van der Waals surface area (Å²) < 4.78 is 27.0. The summed E-state index contributed by atoms with van der Waals surface area (Å²) in [5.74, 6) is -0.848. The SMILES string of the molecule is CC(Sc1n[nH]c(C2CC2)n1)C(=O)Nc1c(F)cccc1F. The number of hydrogen-bond acceptors (Lipinski definition) is 4. The van der Waals surface area contributed by atoms with E-state index in [1.54, 1.807) is 6.92 Å². The van der Waals surface area contributed by atoms with Gasteiger partial charge >= 0.3 is 0 Å². The minimum absolute atomic E-state index is 0.436. The van der Waals surface area contributed by atoms with Gasteiger partial charge < -0.3 is 5.32 Å². The molecule has 1 aliphatic rings. The van der Waals surface area contributed by atoms with E-state index in [1.807, 2.05) is 0 Å². The first-order valence-corrected chi connectivity index (χ1v) is 7.76. The zero-order valence-electron chi connectivity index (χ0n) is 11.8. The second kappa shape index (κ2) is 6.04. The minimum Gasteiger partial charge on any atom is -0.320 e. The Kier molecular flexibility index (Phi) is 4.10. The Labute approximate surface area is 129 Å². The number of nitrogens with zero attached hydrogens (tertiary/aromatic N) is 2. The number of aromatic nitrogens is 3. The maximum absolute atomic E-state index is 13.5. The molecular weight excluding hydrogens is 310 g/mol. The van der Waals surface area contributed by atoms with Crippen molar-refractivity contribution in [2.24, 2.45) is 0 Å².